The van der Waals surface area contributed by atoms with Crippen LogP contribution in [0.3, 0.4) is 0 Å². The van der Waals surface area contributed by atoms with E-state index >= 15 is 0 Å². The maximum absolute atomic E-state index is 14.4. The van der Waals surface area contributed by atoms with E-state index in [0.29, 0.717) is 34.5 Å². The van der Waals surface area contributed by atoms with Crippen molar-refractivity contribution in [2.45, 2.75) is 64.2 Å². The summed E-state index contributed by atoms with van der Waals surface area (Å²) in [5.41, 5.74) is -1.20. The normalized spacial score (nSPS) is 14.3. The third-order valence-corrected chi connectivity index (χ3v) is 9.47. The molecule has 0 atom stereocenters. The molecule has 2 aromatic carbocycles. The van der Waals surface area contributed by atoms with Gasteiger partial charge in [-0.1, -0.05) is 25.7 Å². The number of benzene rings is 2. The van der Waals surface area contributed by atoms with E-state index in [0.717, 1.165) is 18.2 Å². The number of anilines is 1. The van der Waals surface area contributed by atoms with Gasteiger partial charge in [-0.2, -0.15) is 18.4 Å². The molecule has 5 rings (SSSR count). The van der Waals surface area contributed by atoms with Crippen molar-refractivity contribution in [2.75, 3.05) is 31.7 Å². The minimum Gasteiger partial charge on any atom is -0.490 e. The predicted octanol–water partition coefficient (Wildman–Crippen LogP) is 8.35. The van der Waals surface area contributed by atoms with Crippen LogP contribution in [0, 0.1) is 11.3 Å². The van der Waals surface area contributed by atoms with E-state index in [2.05, 4.69) is 41.3 Å². The number of fused-ring (bicyclic) bond motifs is 1. The maximum Gasteiger partial charge on any atom is 0.420 e. The quantitative estimate of drug-likeness (QED) is 0.0812. The van der Waals surface area contributed by atoms with Gasteiger partial charge in [0.15, 0.2) is 5.67 Å². The van der Waals surface area contributed by atoms with Crippen LogP contribution >= 0.6 is 0 Å². The lowest BCUT2D eigenvalue weighted by atomic mass is 10.0. The van der Waals surface area contributed by atoms with Crippen molar-refractivity contribution in [3.8, 4) is 34.4 Å². The van der Waals surface area contributed by atoms with Crippen LogP contribution in [0.4, 0.5) is 28.0 Å². The molecule has 0 unspecified atom stereocenters. The number of nitrogens with one attached hydrogen (secondary N) is 2. The first kappa shape index (κ1) is 36.6. The topological polar surface area (TPSA) is 120 Å². The van der Waals surface area contributed by atoms with Gasteiger partial charge in [-0.15, -0.1) is 0 Å². The molecular weight excluding hydrogens is 674 g/mol. The number of halogens is 4. The fraction of sp³-hybridized carbons (Fsp3) is 0.400. The number of ether oxygens (including phenoxy) is 4. The Morgan fingerprint density at radius 3 is 2.50 bits per heavy atom. The van der Waals surface area contributed by atoms with E-state index in [1.165, 1.54) is 18.3 Å². The van der Waals surface area contributed by atoms with Gasteiger partial charge in [0, 0.05) is 38.3 Å². The minimum atomic E-state index is -4.87. The van der Waals surface area contributed by atoms with Crippen LogP contribution in [0.25, 0.3) is 22.2 Å². The molecule has 50 heavy (non-hydrogen) atoms. The molecule has 1 aliphatic heterocycles. The number of hydrogen-bond donors (Lipinski definition) is 2. The molecule has 1 fully saturated rings. The smallest absolute Gasteiger partial charge is 0.420 e. The van der Waals surface area contributed by atoms with Crippen molar-refractivity contribution in [2.24, 2.45) is 0 Å². The lowest BCUT2D eigenvalue weighted by Gasteiger charge is -2.33. The number of amides is 2. The van der Waals surface area contributed by atoms with Gasteiger partial charge in [0.25, 0.3) is 0 Å². The molecule has 266 valence electrons. The van der Waals surface area contributed by atoms with E-state index < -0.39 is 37.3 Å². The van der Waals surface area contributed by atoms with Crippen LogP contribution in [0.2, 0.25) is 25.7 Å². The number of pyridine rings is 1. The Morgan fingerprint density at radius 2 is 1.86 bits per heavy atom. The van der Waals surface area contributed by atoms with Crippen LogP contribution < -0.4 is 20.1 Å². The largest absolute Gasteiger partial charge is 0.490 e. The Labute approximate surface area is 288 Å². The number of nitriles is 1. The maximum atomic E-state index is 14.4. The van der Waals surface area contributed by atoms with Crippen molar-refractivity contribution in [1.29, 1.82) is 5.26 Å². The molecule has 0 radical (unpaired) electrons. The molecule has 0 saturated carbocycles. The SMILES string of the molecule is CC(C)Oc1ccc(-c2cn(COCC[Si](C)(C)C)c3nccc(Oc4ccc(NC(=O)NCC5(F)COC5)cc4C(F)(F)F)c23)cc1C#N. The second-order valence-electron chi connectivity index (χ2n) is 13.6. The molecule has 3 heterocycles. The summed E-state index contributed by atoms with van der Waals surface area (Å²) in [6.07, 6.45) is -1.84. The monoisotopic (exact) mass is 713 g/mol. The Hall–Kier alpha value is -4.65. The van der Waals surface area contributed by atoms with Crippen molar-refractivity contribution in [1.82, 2.24) is 14.9 Å². The highest BCUT2D eigenvalue weighted by atomic mass is 28.3. The molecule has 2 aromatic heterocycles. The van der Waals surface area contributed by atoms with Gasteiger partial charge < -0.3 is 34.1 Å². The Morgan fingerprint density at radius 1 is 1.12 bits per heavy atom. The number of urea groups is 1. The molecule has 0 bridgehead atoms. The lowest BCUT2D eigenvalue weighted by molar-refractivity contribution is -0.138. The summed E-state index contributed by atoms with van der Waals surface area (Å²) in [6.45, 7) is 10.4. The molecule has 1 saturated heterocycles. The van der Waals surface area contributed by atoms with Crippen LogP contribution in [0.5, 0.6) is 17.2 Å². The lowest BCUT2D eigenvalue weighted by Crippen LogP contribution is -2.54. The summed E-state index contributed by atoms with van der Waals surface area (Å²) in [6, 6.07) is 11.9. The first-order valence-corrected chi connectivity index (χ1v) is 19.7. The fourth-order valence-corrected chi connectivity index (χ4v) is 5.90. The molecule has 4 aromatic rings. The van der Waals surface area contributed by atoms with E-state index in [9.17, 15) is 27.6 Å². The molecule has 2 amide bonds. The Bertz CT molecular complexity index is 1900. The standard InChI is InChI=1S/C35H39F4N5O5Si/c1-22(2)48-28-8-6-23(14-24(28)16-40)26-17-44(21-46-12-13-50(3,4)5)32-31(26)30(10-11-41-32)49-29-9-7-25(15-27(29)35(37,38)39)43-33(45)42-18-34(36)19-47-20-34/h6-11,14-15,17,22H,12-13,18-21H2,1-5H3,(H2,42,43,45). The Kier molecular flexibility index (Phi) is 10.8. The number of carbonyl (C=O) groups is 1. The van der Waals surface area contributed by atoms with E-state index in [-0.39, 0.29) is 49.6 Å². The second kappa shape index (κ2) is 14.7. The number of nitrogens with zero attached hydrogens (tertiary/aromatic N) is 3. The zero-order valence-corrected chi connectivity index (χ0v) is 29.4. The number of aromatic nitrogens is 2. The summed E-state index contributed by atoms with van der Waals surface area (Å²) >= 11 is 0. The van der Waals surface area contributed by atoms with Crippen LogP contribution in [-0.4, -0.2) is 61.8 Å². The minimum absolute atomic E-state index is 0.0757. The number of carbonyl (C=O) groups excluding carboxylic acids is 1. The van der Waals surface area contributed by atoms with Crippen LogP contribution in [0.1, 0.15) is 25.0 Å². The average Bonchev–Trinajstić information content (AvgIpc) is 3.40. The fourth-order valence-electron chi connectivity index (χ4n) is 5.15. The molecule has 0 aliphatic carbocycles. The van der Waals surface area contributed by atoms with Gasteiger partial charge >= 0.3 is 12.2 Å². The van der Waals surface area contributed by atoms with Crippen molar-refractivity contribution >= 4 is 30.8 Å². The molecular formula is C35H39F4N5O5Si. The average molecular weight is 714 g/mol. The van der Waals surface area contributed by atoms with Crippen molar-refractivity contribution < 1.29 is 41.3 Å². The van der Waals surface area contributed by atoms with Gasteiger partial charge in [0.1, 0.15) is 41.3 Å². The van der Waals surface area contributed by atoms with Gasteiger partial charge in [0.05, 0.1) is 36.8 Å². The summed E-state index contributed by atoms with van der Waals surface area (Å²) in [5.74, 6) is -0.0433. The first-order chi connectivity index (χ1) is 23.5. The van der Waals surface area contributed by atoms with Gasteiger partial charge in [-0.25, -0.2) is 14.2 Å². The zero-order chi connectivity index (χ0) is 36.3. The van der Waals surface area contributed by atoms with E-state index in [1.54, 1.807) is 29.0 Å². The second-order valence-corrected chi connectivity index (χ2v) is 19.2. The highest BCUT2D eigenvalue weighted by Gasteiger charge is 2.39. The van der Waals surface area contributed by atoms with E-state index in [4.69, 9.17) is 18.9 Å². The van der Waals surface area contributed by atoms with Gasteiger partial charge in [-0.3, -0.25) is 0 Å². The first-order valence-electron chi connectivity index (χ1n) is 16.0. The van der Waals surface area contributed by atoms with Crippen molar-refractivity contribution in [3.63, 3.8) is 0 Å². The van der Waals surface area contributed by atoms with Crippen molar-refractivity contribution in [3.05, 3.63) is 66.0 Å². The third-order valence-electron chi connectivity index (χ3n) is 7.77. The van der Waals surface area contributed by atoms with Gasteiger partial charge in [0.2, 0.25) is 0 Å². The van der Waals surface area contributed by atoms with Crippen LogP contribution in [0.15, 0.2) is 54.9 Å². The van der Waals surface area contributed by atoms with E-state index in [1.807, 2.05) is 13.8 Å². The Balaban J connectivity index is 1.51. The summed E-state index contributed by atoms with van der Waals surface area (Å²) < 4.78 is 81.8. The molecule has 1 aliphatic rings. The molecule has 15 heteroatoms. The molecule has 0 spiro atoms. The van der Waals surface area contributed by atoms with Gasteiger partial charge in [-0.05, 0) is 61.9 Å². The number of hydrogen-bond acceptors (Lipinski definition) is 7. The zero-order valence-electron chi connectivity index (χ0n) is 28.4. The molecule has 10 nitrogen and oxygen atoms in total. The van der Waals surface area contributed by atoms with Crippen LogP contribution in [-0.2, 0) is 22.4 Å². The summed E-state index contributed by atoms with van der Waals surface area (Å²) in [7, 11) is -1.37. The number of rotatable bonds is 13. The highest BCUT2D eigenvalue weighted by molar-refractivity contribution is 6.76. The summed E-state index contributed by atoms with van der Waals surface area (Å²) in [5, 5.41) is 14.9. The predicted molar refractivity (Wildman–Crippen MR) is 183 cm³/mol. The highest BCUT2D eigenvalue weighted by Crippen LogP contribution is 2.43. The molecule has 2 N–H and O–H groups in total. The third kappa shape index (κ3) is 8.92. The number of alkyl halides is 4. The summed E-state index contributed by atoms with van der Waals surface area (Å²) in [4.78, 5) is 16.9.